The standard InChI is InChI=1S/C9H7Br2F2N3/c1-2(14)9-15-7-3(10)5(12)6(13)4(11)8(7)16-9/h2H,14H2,1H3,(H,15,16)/t2-/m1/s1. The summed E-state index contributed by atoms with van der Waals surface area (Å²) in [6.45, 7) is 1.73. The van der Waals surface area contributed by atoms with Gasteiger partial charge >= 0.3 is 0 Å². The molecule has 7 heteroatoms. The molecule has 3 N–H and O–H groups in total. The first-order chi connectivity index (χ1) is 7.43. The fourth-order valence-electron chi connectivity index (χ4n) is 1.33. The Kier molecular flexibility index (Phi) is 3.02. The largest absolute Gasteiger partial charge is 0.340 e. The van der Waals surface area contributed by atoms with Gasteiger partial charge in [0, 0.05) is 0 Å². The molecule has 0 aliphatic carbocycles. The van der Waals surface area contributed by atoms with E-state index in [1.807, 2.05) is 0 Å². The third kappa shape index (κ3) is 1.66. The number of benzene rings is 1. The number of nitrogens with one attached hydrogen (secondary N) is 1. The fraction of sp³-hybridized carbons (Fsp3) is 0.222. The summed E-state index contributed by atoms with van der Waals surface area (Å²) in [6.07, 6.45) is 0. The number of imidazole rings is 1. The highest BCUT2D eigenvalue weighted by molar-refractivity contribution is 9.11. The Balaban J connectivity index is 2.86. The van der Waals surface area contributed by atoms with E-state index in [1.165, 1.54) is 0 Å². The molecule has 0 saturated heterocycles. The van der Waals surface area contributed by atoms with Crippen LogP contribution in [0.3, 0.4) is 0 Å². The smallest absolute Gasteiger partial charge is 0.176 e. The molecule has 3 nitrogen and oxygen atoms in total. The number of aromatic amines is 1. The van der Waals surface area contributed by atoms with Crippen LogP contribution in [-0.4, -0.2) is 9.97 Å². The minimum Gasteiger partial charge on any atom is -0.340 e. The lowest BCUT2D eigenvalue weighted by molar-refractivity contribution is 0.502. The van der Waals surface area contributed by atoms with Gasteiger partial charge in [-0.05, 0) is 38.8 Å². The second-order valence-electron chi connectivity index (χ2n) is 3.39. The monoisotopic (exact) mass is 353 g/mol. The highest BCUT2D eigenvalue weighted by Gasteiger charge is 2.20. The van der Waals surface area contributed by atoms with Gasteiger partial charge in [-0.15, -0.1) is 0 Å². The van der Waals surface area contributed by atoms with Gasteiger partial charge in [0.15, 0.2) is 11.6 Å². The molecule has 1 aromatic heterocycles. The number of halogens is 4. The van der Waals surface area contributed by atoms with E-state index in [-0.39, 0.29) is 15.0 Å². The number of fused-ring (bicyclic) bond motifs is 1. The summed E-state index contributed by atoms with van der Waals surface area (Å²) >= 11 is 5.95. The Hall–Kier alpha value is -0.530. The lowest BCUT2D eigenvalue weighted by atomic mass is 10.3. The van der Waals surface area contributed by atoms with Gasteiger partial charge in [0.2, 0.25) is 0 Å². The Morgan fingerprint density at radius 1 is 1.25 bits per heavy atom. The number of hydrogen-bond acceptors (Lipinski definition) is 2. The van der Waals surface area contributed by atoms with Gasteiger partial charge in [0.1, 0.15) is 11.3 Å². The fourth-order valence-corrected chi connectivity index (χ4v) is 2.25. The molecular formula is C9H7Br2F2N3. The molecule has 0 radical (unpaired) electrons. The van der Waals surface area contributed by atoms with E-state index in [0.29, 0.717) is 16.9 Å². The molecule has 0 spiro atoms. The Labute approximate surface area is 107 Å². The summed E-state index contributed by atoms with van der Waals surface area (Å²) in [5, 5.41) is 0. The third-order valence-electron chi connectivity index (χ3n) is 2.16. The second kappa shape index (κ2) is 4.05. The minimum atomic E-state index is -0.970. The maximum Gasteiger partial charge on any atom is 0.176 e. The summed E-state index contributed by atoms with van der Waals surface area (Å²) in [5.74, 6) is -1.46. The predicted octanol–water partition coefficient (Wildman–Crippen LogP) is 3.39. The van der Waals surface area contributed by atoms with Crippen molar-refractivity contribution < 1.29 is 8.78 Å². The Morgan fingerprint density at radius 2 is 1.81 bits per heavy atom. The summed E-state index contributed by atoms with van der Waals surface area (Å²) < 4.78 is 26.8. The van der Waals surface area contributed by atoms with Crippen molar-refractivity contribution in [3.05, 3.63) is 26.4 Å². The van der Waals surface area contributed by atoms with Crippen LogP contribution < -0.4 is 5.73 Å². The zero-order valence-corrected chi connectivity index (χ0v) is 11.3. The van der Waals surface area contributed by atoms with Crippen molar-refractivity contribution in [2.24, 2.45) is 5.73 Å². The number of nitrogens with two attached hydrogens (primary N) is 1. The number of H-pyrrole nitrogens is 1. The number of hydrogen-bond donors (Lipinski definition) is 2. The van der Waals surface area contributed by atoms with Crippen molar-refractivity contribution in [3.63, 3.8) is 0 Å². The van der Waals surface area contributed by atoms with E-state index in [2.05, 4.69) is 41.8 Å². The van der Waals surface area contributed by atoms with Gasteiger partial charge < -0.3 is 10.7 Å². The molecule has 1 atom stereocenters. The van der Waals surface area contributed by atoms with Crippen LogP contribution in [0, 0.1) is 11.6 Å². The molecule has 2 rings (SSSR count). The van der Waals surface area contributed by atoms with Gasteiger partial charge in [0.05, 0.1) is 20.5 Å². The van der Waals surface area contributed by atoms with Crippen LogP contribution >= 0.6 is 31.9 Å². The predicted molar refractivity (Wildman–Crippen MR) is 64.0 cm³/mol. The zero-order chi connectivity index (χ0) is 12.0. The van der Waals surface area contributed by atoms with E-state index >= 15 is 0 Å². The van der Waals surface area contributed by atoms with Crippen molar-refractivity contribution >= 4 is 42.9 Å². The summed E-state index contributed by atoms with van der Waals surface area (Å²) in [5.41, 5.74) is 6.35. The summed E-state index contributed by atoms with van der Waals surface area (Å²) in [7, 11) is 0. The molecule has 0 aliphatic rings. The van der Waals surface area contributed by atoms with Crippen molar-refractivity contribution in [2.75, 3.05) is 0 Å². The molecule has 2 aromatic rings. The number of nitrogens with zero attached hydrogens (tertiary/aromatic N) is 1. The van der Waals surface area contributed by atoms with Crippen molar-refractivity contribution in [3.8, 4) is 0 Å². The first-order valence-corrected chi connectivity index (χ1v) is 5.99. The molecule has 0 unspecified atom stereocenters. The SMILES string of the molecule is C[C@@H](N)c1nc2c(Br)c(F)c(F)c(Br)c2[nH]1. The van der Waals surface area contributed by atoms with E-state index < -0.39 is 11.6 Å². The first kappa shape index (κ1) is 11.9. The molecule has 0 saturated carbocycles. The van der Waals surface area contributed by atoms with Gasteiger partial charge in [-0.25, -0.2) is 13.8 Å². The van der Waals surface area contributed by atoms with Crippen molar-refractivity contribution in [1.29, 1.82) is 0 Å². The van der Waals surface area contributed by atoms with E-state index in [0.717, 1.165) is 0 Å². The average Bonchev–Trinajstić information content (AvgIpc) is 2.68. The van der Waals surface area contributed by atoms with Crippen LogP contribution in [0.15, 0.2) is 8.95 Å². The third-order valence-corrected chi connectivity index (χ3v) is 3.63. The van der Waals surface area contributed by atoms with Crippen LogP contribution in [0.4, 0.5) is 8.78 Å². The quantitative estimate of drug-likeness (QED) is 0.609. The molecular weight excluding hydrogens is 348 g/mol. The second-order valence-corrected chi connectivity index (χ2v) is 4.98. The average molecular weight is 355 g/mol. The normalized spacial score (nSPS) is 13.4. The topological polar surface area (TPSA) is 54.7 Å². The molecule has 0 aliphatic heterocycles. The molecule has 0 bridgehead atoms. The Bertz CT molecular complexity index is 521. The molecule has 86 valence electrons. The maximum absolute atomic E-state index is 13.4. The summed E-state index contributed by atoms with van der Waals surface area (Å²) in [6, 6.07) is -0.336. The van der Waals surface area contributed by atoms with E-state index in [4.69, 9.17) is 5.73 Å². The van der Waals surface area contributed by atoms with Crippen LogP contribution in [0.25, 0.3) is 11.0 Å². The molecule has 0 fully saturated rings. The van der Waals surface area contributed by atoms with Crippen LogP contribution in [0.1, 0.15) is 18.8 Å². The Morgan fingerprint density at radius 3 is 2.38 bits per heavy atom. The van der Waals surface area contributed by atoms with Crippen molar-refractivity contribution in [2.45, 2.75) is 13.0 Å². The summed E-state index contributed by atoms with van der Waals surface area (Å²) in [4.78, 5) is 6.96. The lowest BCUT2D eigenvalue weighted by Crippen LogP contribution is -2.06. The lowest BCUT2D eigenvalue weighted by Gasteiger charge is -2.00. The maximum atomic E-state index is 13.4. The molecule has 16 heavy (non-hydrogen) atoms. The van der Waals surface area contributed by atoms with Crippen LogP contribution in [-0.2, 0) is 0 Å². The van der Waals surface area contributed by atoms with Gasteiger partial charge in [0.25, 0.3) is 0 Å². The van der Waals surface area contributed by atoms with Gasteiger partial charge in [-0.1, -0.05) is 0 Å². The van der Waals surface area contributed by atoms with Crippen LogP contribution in [0.5, 0.6) is 0 Å². The van der Waals surface area contributed by atoms with Crippen molar-refractivity contribution in [1.82, 2.24) is 9.97 Å². The first-order valence-electron chi connectivity index (χ1n) is 4.40. The highest BCUT2D eigenvalue weighted by atomic mass is 79.9. The highest BCUT2D eigenvalue weighted by Crippen LogP contribution is 2.34. The molecule has 1 heterocycles. The van der Waals surface area contributed by atoms with E-state index in [9.17, 15) is 8.78 Å². The van der Waals surface area contributed by atoms with E-state index in [1.54, 1.807) is 6.92 Å². The zero-order valence-electron chi connectivity index (χ0n) is 8.11. The number of aromatic nitrogens is 2. The van der Waals surface area contributed by atoms with Crippen LogP contribution in [0.2, 0.25) is 0 Å². The van der Waals surface area contributed by atoms with Gasteiger partial charge in [-0.3, -0.25) is 0 Å². The number of rotatable bonds is 1. The van der Waals surface area contributed by atoms with Gasteiger partial charge in [-0.2, -0.15) is 0 Å². The molecule has 1 aromatic carbocycles. The molecule has 0 amide bonds. The minimum absolute atomic E-state index is 0.00801.